The molecular formula is C24H27O4P. The summed E-state index contributed by atoms with van der Waals surface area (Å²) in [4.78, 5) is 12.5. The Morgan fingerprint density at radius 2 is 1.31 bits per heavy atom. The summed E-state index contributed by atoms with van der Waals surface area (Å²) in [5.41, 5.74) is 1.96. The second-order valence-electron chi connectivity index (χ2n) is 8.76. The Kier molecular flexibility index (Phi) is 5.53. The van der Waals surface area contributed by atoms with Gasteiger partial charge in [0.2, 0.25) is 0 Å². The molecule has 29 heavy (non-hydrogen) atoms. The fourth-order valence-electron chi connectivity index (χ4n) is 5.44. The SMILES string of the molecule is O=C1C2CC3CC1CC(OP(OCc1ccccc1)OCc1ccccc1)(C3)C2. The molecule has 0 aromatic heterocycles. The van der Waals surface area contributed by atoms with E-state index in [0.29, 0.717) is 24.9 Å². The molecule has 4 aliphatic rings. The first-order valence-electron chi connectivity index (χ1n) is 10.6. The van der Waals surface area contributed by atoms with E-state index in [1.54, 1.807) is 0 Å². The molecule has 2 aromatic carbocycles. The molecular weight excluding hydrogens is 383 g/mol. The maximum Gasteiger partial charge on any atom is 0.333 e. The molecule has 0 N–H and O–H groups in total. The summed E-state index contributed by atoms with van der Waals surface area (Å²) in [5, 5.41) is 0. The Labute approximate surface area is 173 Å². The normalized spacial score (nSPS) is 30.2. The van der Waals surface area contributed by atoms with Crippen LogP contribution < -0.4 is 0 Å². The van der Waals surface area contributed by atoms with Crippen molar-refractivity contribution in [1.82, 2.24) is 0 Å². The maximum absolute atomic E-state index is 12.5. The van der Waals surface area contributed by atoms with Gasteiger partial charge < -0.3 is 13.6 Å². The van der Waals surface area contributed by atoms with Crippen molar-refractivity contribution in [2.75, 3.05) is 0 Å². The van der Waals surface area contributed by atoms with E-state index in [4.69, 9.17) is 13.6 Å². The van der Waals surface area contributed by atoms with Crippen molar-refractivity contribution in [3.63, 3.8) is 0 Å². The summed E-state index contributed by atoms with van der Waals surface area (Å²) in [5.74, 6) is 1.45. The number of rotatable bonds is 8. The van der Waals surface area contributed by atoms with Crippen molar-refractivity contribution in [2.24, 2.45) is 17.8 Å². The van der Waals surface area contributed by atoms with Crippen molar-refractivity contribution >= 4 is 14.4 Å². The minimum absolute atomic E-state index is 0.182. The number of ketones is 1. The van der Waals surface area contributed by atoms with Crippen LogP contribution in [-0.2, 0) is 31.6 Å². The zero-order valence-electron chi connectivity index (χ0n) is 16.5. The summed E-state index contributed by atoms with van der Waals surface area (Å²) in [6.07, 6.45) is 4.81. The molecule has 4 saturated carbocycles. The standard InChI is InChI=1S/C24H27O4P/c25-23-21-11-20-12-22(23)15-24(13-20,14-21)28-29(26-16-18-7-3-1-4-8-18)27-17-19-9-5-2-6-10-19/h1-10,20-22H,11-17H2. The second kappa shape index (κ2) is 8.28. The molecule has 2 aromatic rings. The highest BCUT2D eigenvalue weighted by Crippen LogP contribution is 2.60. The molecule has 2 atom stereocenters. The highest BCUT2D eigenvalue weighted by Gasteiger charge is 2.57. The topological polar surface area (TPSA) is 44.8 Å². The molecule has 4 aliphatic carbocycles. The van der Waals surface area contributed by atoms with Gasteiger partial charge in [0.1, 0.15) is 5.78 Å². The van der Waals surface area contributed by atoms with Crippen molar-refractivity contribution in [3.05, 3.63) is 71.8 Å². The summed E-state index contributed by atoms with van der Waals surface area (Å²) in [7, 11) is -1.49. The highest BCUT2D eigenvalue weighted by atomic mass is 31.2. The van der Waals surface area contributed by atoms with Gasteiger partial charge in [-0.2, -0.15) is 0 Å². The predicted octanol–water partition coefficient (Wildman–Crippen LogP) is 5.81. The average Bonchev–Trinajstić information content (AvgIpc) is 2.75. The van der Waals surface area contributed by atoms with E-state index in [2.05, 4.69) is 0 Å². The summed E-state index contributed by atoms with van der Waals surface area (Å²) < 4.78 is 18.9. The third-order valence-electron chi connectivity index (χ3n) is 6.57. The van der Waals surface area contributed by atoms with Crippen molar-refractivity contribution < 1.29 is 18.4 Å². The van der Waals surface area contributed by atoms with Gasteiger partial charge in [0.05, 0.1) is 18.8 Å². The van der Waals surface area contributed by atoms with Gasteiger partial charge in [-0.25, -0.2) is 0 Å². The highest BCUT2D eigenvalue weighted by molar-refractivity contribution is 7.41. The van der Waals surface area contributed by atoms with Gasteiger partial charge in [-0.15, -0.1) is 0 Å². The minimum atomic E-state index is -1.49. The number of carbonyl (C=O) groups is 1. The molecule has 0 radical (unpaired) electrons. The largest absolute Gasteiger partial charge is 0.333 e. The van der Waals surface area contributed by atoms with Crippen molar-refractivity contribution in [2.45, 2.75) is 50.9 Å². The van der Waals surface area contributed by atoms with Crippen LogP contribution in [0.3, 0.4) is 0 Å². The Morgan fingerprint density at radius 1 is 0.793 bits per heavy atom. The Bertz CT molecular complexity index is 779. The van der Waals surface area contributed by atoms with Crippen LogP contribution in [0.1, 0.15) is 43.2 Å². The number of hydrogen-bond donors (Lipinski definition) is 0. The predicted molar refractivity (Wildman–Crippen MR) is 112 cm³/mol. The quantitative estimate of drug-likeness (QED) is 0.515. The van der Waals surface area contributed by atoms with Crippen LogP contribution >= 0.6 is 8.60 Å². The number of Topliss-reactive ketones (excluding diaryl/α,β-unsaturated/α-hetero) is 1. The number of hydrogen-bond acceptors (Lipinski definition) is 4. The molecule has 5 heteroatoms. The molecule has 4 fully saturated rings. The van der Waals surface area contributed by atoms with Gasteiger partial charge in [0.25, 0.3) is 0 Å². The monoisotopic (exact) mass is 410 g/mol. The van der Waals surface area contributed by atoms with Crippen LogP contribution in [0.2, 0.25) is 0 Å². The molecule has 0 amide bonds. The third kappa shape index (κ3) is 4.32. The van der Waals surface area contributed by atoms with E-state index in [9.17, 15) is 4.79 Å². The lowest BCUT2D eigenvalue weighted by Crippen LogP contribution is -2.55. The third-order valence-corrected chi connectivity index (χ3v) is 7.78. The molecule has 2 unspecified atom stereocenters. The molecule has 0 heterocycles. The summed E-state index contributed by atoms with van der Waals surface area (Å²) in [6, 6.07) is 20.2. The lowest BCUT2D eigenvalue weighted by Gasteiger charge is -2.55. The Balaban J connectivity index is 1.29. The van der Waals surface area contributed by atoms with Gasteiger partial charge in [-0.3, -0.25) is 4.79 Å². The van der Waals surface area contributed by atoms with Crippen LogP contribution in [0.5, 0.6) is 0 Å². The minimum Gasteiger partial charge on any atom is -0.307 e. The first-order valence-corrected chi connectivity index (χ1v) is 11.7. The van der Waals surface area contributed by atoms with Crippen molar-refractivity contribution in [3.8, 4) is 0 Å². The molecule has 4 nitrogen and oxygen atoms in total. The molecule has 6 rings (SSSR count). The molecule has 0 aliphatic heterocycles. The Hall–Kier alpha value is -1.58. The molecule has 0 saturated heterocycles. The van der Waals surface area contributed by atoms with Gasteiger partial charge in [-0.1, -0.05) is 60.7 Å². The average molecular weight is 410 g/mol. The van der Waals surface area contributed by atoms with Crippen LogP contribution in [0, 0.1) is 17.8 Å². The zero-order chi connectivity index (χ0) is 19.7. The van der Waals surface area contributed by atoms with Crippen LogP contribution in [0.25, 0.3) is 0 Å². The smallest absolute Gasteiger partial charge is 0.307 e. The molecule has 4 bridgehead atoms. The van der Waals surface area contributed by atoms with Gasteiger partial charge in [0, 0.05) is 11.8 Å². The van der Waals surface area contributed by atoms with E-state index < -0.39 is 8.60 Å². The Morgan fingerprint density at radius 3 is 1.83 bits per heavy atom. The second-order valence-corrected chi connectivity index (χ2v) is 9.91. The van der Waals surface area contributed by atoms with E-state index in [0.717, 1.165) is 43.2 Å². The van der Waals surface area contributed by atoms with Crippen LogP contribution in [0.15, 0.2) is 60.7 Å². The first kappa shape index (κ1) is 19.4. The molecule has 0 spiro atoms. The summed E-state index contributed by atoms with van der Waals surface area (Å²) in [6.45, 7) is 0.930. The fourth-order valence-corrected chi connectivity index (χ4v) is 6.67. The first-order chi connectivity index (χ1) is 14.2. The fraction of sp³-hybridized carbons (Fsp3) is 0.458. The molecule has 152 valence electrons. The van der Waals surface area contributed by atoms with Crippen LogP contribution in [0.4, 0.5) is 0 Å². The lowest BCUT2D eigenvalue weighted by atomic mass is 9.54. The number of benzene rings is 2. The van der Waals surface area contributed by atoms with E-state index in [1.807, 2.05) is 60.7 Å². The summed E-state index contributed by atoms with van der Waals surface area (Å²) >= 11 is 0. The van der Waals surface area contributed by atoms with Gasteiger partial charge >= 0.3 is 8.60 Å². The number of carbonyl (C=O) groups excluding carboxylic acids is 1. The van der Waals surface area contributed by atoms with E-state index >= 15 is 0 Å². The maximum atomic E-state index is 12.5. The van der Waals surface area contributed by atoms with Crippen molar-refractivity contribution in [1.29, 1.82) is 0 Å². The van der Waals surface area contributed by atoms with Gasteiger partial charge in [-0.05, 0) is 49.1 Å². The van der Waals surface area contributed by atoms with E-state index in [1.165, 1.54) is 0 Å². The zero-order valence-corrected chi connectivity index (χ0v) is 17.4. The lowest BCUT2D eigenvalue weighted by molar-refractivity contribution is -0.158. The van der Waals surface area contributed by atoms with E-state index in [-0.39, 0.29) is 17.4 Å². The van der Waals surface area contributed by atoms with Crippen LogP contribution in [-0.4, -0.2) is 11.4 Å². The van der Waals surface area contributed by atoms with Gasteiger partial charge in [0.15, 0.2) is 0 Å².